The first kappa shape index (κ1) is 13.1. The summed E-state index contributed by atoms with van der Waals surface area (Å²) in [6, 6.07) is 2.12. The summed E-state index contributed by atoms with van der Waals surface area (Å²) in [5, 5.41) is 9.39. The van der Waals surface area contributed by atoms with Gasteiger partial charge in [-0.1, -0.05) is 0 Å². The molecule has 0 N–H and O–H groups in total. The van der Waals surface area contributed by atoms with Crippen LogP contribution in [0.3, 0.4) is 0 Å². The first-order valence-electron chi connectivity index (χ1n) is 6.42. The molecule has 3 rings (SSSR count). The zero-order valence-electron chi connectivity index (χ0n) is 12.0. The summed E-state index contributed by atoms with van der Waals surface area (Å²) in [7, 11) is 1.79. The maximum Gasteiger partial charge on any atom is 0.293 e. The van der Waals surface area contributed by atoms with Crippen molar-refractivity contribution in [3.05, 3.63) is 43.6 Å². The van der Waals surface area contributed by atoms with E-state index in [0.717, 1.165) is 16.6 Å². The van der Waals surface area contributed by atoms with E-state index in [1.165, 1.54) is 14.4 Å². The molecular weight excluding hydrogens is 272 g/mol. The van der Waals surface area contributed by atoms with Crippen molar-refractivity contribution in [2.45, 2.75) is 27.3 Å². The predicted molar refractivity (Wildman–Crippen MR) is 80.4 cm³/mol. The van der Waals surface area contributed by atoms with Gasteiger partial charge in [-0.2, -0.15) is 10.2 Å². The van der Waals surface area contributed by atoms with Crippen LogP contribution in [0.25, 0.3) is 10.9 Å². The molecule has 0 atom stereocenters. The number of thiophene rings is 1. The average molecular weight is 288 g/mol. The number of hydrogen-bond acceptors (Lipinski definition) is 4. The molecule has 5 nitrogen and oxygen atoms in total. The molecule has 0 bridgehead atoms. The Balaban J connectivity index is 2.13. The van der Waals surface area contributed by atoms with Crippen LogP contribution in [-0.2, 0) is 13.6 Å². The molecule has 0 aliphatic carbocycles. The summed E-state index contributed by atoms with van der Waals surface area (Å²) in [6.45, 7) is 6.55. The Bertz CT molecular complexity index is 856. The van der Waals surface area contributed by atoms with Crippen molar-refractivity contribution < 1.29 is 0 Å². The van der Waals surface area contributed by atoms with Crippen LogP contribution in [0.15, 0.2) is 17.1 Å². The van der Waals surface area contributed by atoms with Crippen LogP contribution in [0.1, 0.15) is 21.0 Å². The molecule has 0 saturated heterocycles. The fourth-order valence-electron chi connectivity index (χ4n) is 2.50. The molecule has 0 aliphatic heterocycles. The van der Waals surface area contributed by atoms with E-state index in [9.17, 15) is 4.79 Å². The molecule has 0 amide bonds. The minimum Gasteiger partial charge on any atom is -0.265 e. The molecule has 0 aromatic carbocycles. The lowest BCUT2D eigenvalue weighted by Crippen LogP contribution is -2.24. The molecule has 0 spiro atoms. The molecule has 0 saturated carbocycles. The quantitative estimate of drug-likeness (QED) is 0.726. The average Bonchev–Trinajstić information content (AvgIpc) is 2.84. The van der Waals surface area contributed by atoms with Crippen LogP contribution in [0, 0.1) is 20.8 Å². The smallest absolute Gasteiger partial charge is 0.265 e. The fraction of sp³-hybridized carbons (Fsp3) is 0.357. The highest BCUT2D eigenvalue weighted by Crippen LogP contribution is 2.21. The summed E-state index contributed by atoms with van der Waals surface area (Å²) >= 11 is 1.74. The summed E-state index contributed by atoms with van der Waals surface area (Å²) in [5.74, 6) is 0. The summed E-state index contributed by atoms with van der Waals surface area (Å²) in [4.78, 5) is 15.0. The molecule has 3 aromatic rings. The Labute approximate surface area is 120 Å². The molecule has 3 heterocycles. The van der Waals surface area contributed by atoms with E-state index in [4.69, 9.17) is 0 Å². The molecular formula is C14H16N4OS. The van der Waals surface area contributed by atoms with Gasteiger partial charge in [0.2, 0.25) is 0 Å². The largest absolute Gasteiger partial charge is 0.293 e. The zero-order valence-corrected chi connectivity index (χ0v) is 12.8. The number of hydrogen-bond donors (Lipinski definition) is 0. The summed E-state index contributed by atoms with van der Waals surface area (Å²) in [6.07, 6.45) is 1.73. The number of aryl methyl sites for hydroxylation is 4. The van der Waals surface area contributed by atoms with Gasteiger partial charge in [0.15, 0.2) is 0 Å². The Morgan fingerprint density at radius 2 is 2.05 bits per heavy atom. The minimum absolute atomic E-state index is 0.0890. The normalized spacial score (nSPS) is 11.4. The van der Waals surface area contributed by atoms with Crippen molar-refractivity contribution in [1.82, 2.24) is 19.6 Å². The van der Waals surface area contributed by atoms with Gasteiger partial charge in [0.1, 0.15) is 5.52 Å². The molecule has 0 aliphatic rings. The maximum atomic E-state index is 12.5. The van der Waals surface area contributed by atoms with Gasteiger partial charge in [0, 0.05) is 22.2 Å². The van der Waals surface area contributed by atoms with Gasteiger partial charge in [0.05, 0.1) is 18.4 Å². The van der Waals surface area contributed by atoms with Gasteiger partial charge >= 0.3 is 0 Å². The lowest BCUT2D eigenvalue weighted by atomic mass is 10.2. The van der Waals surface area contributed by atoms with Crippen molar-refractivity contribution in [3.8, 4) is 0 Å². The minimum atomic E-state index is -0.0890. The van der Waals surface area contributed by atoms with Crippen molar-refractivity contribution >= 4 is 22.2 Å². The van der Waals surface area contributed by atoms with E-state index >= 15 is 0 Å². The third-order valence-electron chi connectivity index (χ3n) is 3.50. The Morgan fingerprint density at radius 3 is 2.70 bits per heavy atom. The van der Waals surface area contributed by atoms with Crippen LogP contribution >= 0.6 is 11.3 Å². The second kappa shape index (κ2) is 4.56. The van der Waals surface area contributed by atoms with Crippen molar-refractivity contribution in [1.29, 1.82) is 0 Å². The van der Waals surface area contributed by atoms with Gasteiger partial charge in [-0.05, 0) is 32.4 Å². The monoisotopic (exact) mass is 288 g/mol. The van der Waals surface area contributed by atoms with E-state index in [-0.39, 0.29) is 5.56 Å². The molecule has 104 valence electrons. The van der Waals surface area contributed by atoms with E-state index in [1.807, 2.05) is 6.92 Å². The van der Waals surface area contributed by atoms with Gasteiger partial charge in [-0.15, -0.1) is 11.3 Å². The van der Waals surface area contributed by atoms with E-state index in [0.29, 0.717) is 12.1 Å². The van der Waals surface area contributed by atoms with Crippen LogP contribution in [-0.4, -0.2) is 19.6 Å². The Morgan fingerprint density at radius 1 is 1.30 bits per heavy atom. The second-order valence-corrected chi connectivity index (χ2v) is 6.48. The van der Waals surface area contributed by atoms with E-state index < -0.39 is 0 Å². The van der Waals surface area contributed by atoms with Crippen LogP contribution in [0.4, 0.5) is 0 Å². The van der Waals surface area contributed by atoms with Gasteiger partial charge in [0.25, 0.3) is 5.56 Å². The molecule has 0 radical (unpaired) electrons. The van der Waals surface area contributed by atoms with Gasteiger partial charge in [-0.3, -0.25) is 9.48 Å². The molecule has 6 heteroatoms. The number of nitrogens with zero attached hydrogens (tertiary/aromatic N) is 4. The molecule has 0 unspecified atom stereocenters. The fourth-order valence-corrected chi connectivity index (χ4v) is 3.44. The van der Waals surface area contributed by atoms with Crippen LogP contribution in [0.5, 0.6) is 0 Å². The second-order valence-electron chi connectivity index (χ2n) is 5.02. The molecule has 0 fully saturated rings. The number of rotatable bonds is 2. The molecule has 3 aromatic heterocycles. The standard InChI is InChI=1S/C14H16N4OS/c1-8-5-11(10(3)20-8)7-18-14(19)13-12(6-15-18)9(2)16-17(13)4/h5-6H,7H2,1-4H3. The topological polar surface area (TPSA) is 52.7 Å². The van der Waals surface area contributed by atoms with Gasteiger partial charge in [-0.25, -0.2) is 4.68 Å². The third-order valence-corrected chi connectivity index (χ3v) is 4.50. The first-order chi connectivity index (χ1) is 9.47. The maximum absolute atomic E-state index is 12.5. The van der Waals surface area contributed by atoms with Crippen molar-refractivity contribution in [2.75, 3.05) is 0 Å². The summed E-state index contributed by atoms with van der Waals surface area (Å²) < 4.78 is 3.15. The van der Waals surface area contributed by atoms with E-state index in [1.54, 1.807) is 29.3 Å². The van der Waals surface area contributed by atoms with Crippen molar-refractivity contribution in [3.63, 3.8) is 0 Å². The zero-order chi connectivity index (χ0) is 14.4. The van der Waals surface area contributed by atoms with Crippen LogP contribution in [0.2, 0.25) is 0 Å². The van der Waals surface area contributed by atoms with E-state index in [2.05, 4.69) is 30.1 Å². The Hall–Kier alpha value is -1.95. The SMILES string of the molecule is Cc1cc(Cn2ncc3c(C)nn(C)c3c2=O)c(C)s1. The highest BCUT2D eigenvalue weighted by molar-refractivity contribution is 7.12. The number of fused-ring (bicyclic) bond motifs is 1. The van der Waals surface area contributed by atoms with Gasteiger partial charge < -0.3 is 0 Å². The highest BCUT2D eigenvalue weighted by atomic mass is 32.1. The highest BCUT2D eigenvalue weighted by Gasteiger charge is 2.13. The van der Waals surface area contributed by atoms with Crippen molar-refractivity contribution in [2.24, 2.45) is 7.05 Å². The Kier molecular flexibility index (Phi) is 2.97. The van der Waals surface area contributed by atoms with Crippen LogP contribution < -0.4 is 5.56 Å². The lowest BCUT2D eigenvalue weighted by Gasteiger charge is -2.04. The first-order valence-corrected chi connectivity index (χ1v) is 7.24. The third kappa shape index (κ3) is 1.96. The lowest BCUT2D eigenvalue weighted by molar-refractivity contribution is 0.640. The molecule has 20 heavy (non-hydrogen) atoms. The number of aromatic nitrogens is 4. The summed E-state index contributed by atoms with van der Waals surface area (Å²) in [5.41, 5.74) is 2.51. The predicted octanol–water partition coefficient (Wildman–Crippen LogP) is 2.17.